The van der Waals surface area contributed by atoms with Crippen LogP contribution in [-0.4, -0.2) is 38.0 Å². The van der Waals surface area contributed by atoms with E-state index in [2.05, 4.69) is 12.2 Å². The lowest BCUT2D eigenvalue weighted by Crippen LogP contribution is -2.40. The normalized spacial score (nSPS) is 14.5. The smallest absolute Gasteiger partial charge is 0.0615 e. The number of ether oxygens (including phenoxy) is 1. The van der Waals surface area contributed by atoms with Gasteiger partial charge >= 0.3 is 0 Å². The van der Waals surface area contributed by atoms with Gasteiger partial charge < -0.3 is 15.2 Å². The highest BCUT2D eigenvalue weighted by Gasteiger charge is 2.17. The van der Waals surface area contributed by atoms with E-state index in [9.17, 15) is 0 Å². The van der Waals surface area contributed by atoms with Gasteiger partial charge in [-0.1, -0.05) is 20.8 Å². The van der Waals surface area contributed by atoms with Gasteiger partial charge in [-0.05, 0) is 6.42 Å². The molecule has 3 heteroatoms. The van der Waals surface area contributed by atoms with Crippen LogP contribution in [0.2, 0.25) is 0 Å². The standard InChI is InChI=1S/C10H23NO2/c1-5-9(6-13-4)11-7-10(2,3)8-12/h9,11-12H,5-8H2,1-4H3. The van der Waals surface area contributed by atoms with Gasteiger partial charge in [-0.25, -0.2) is 0 Å². The van der Waals surface area contributed by atoms with Crippen LogP contribution in [0, 0.1) is 5.41 Å². The van der Waals surface area contributed by atoms with E-state index in [-0.39, 0.29) is 12.0 Å². The van der Waals surface area contributed by atoms with Crippen LogP contribution >= 0.6 is 0 Å². The van der Waals surface area contributed by atoms with E-state index in [0.717, 1.165) is 19.6 Å². The predicted octanol–water partition coefficient (Wildman–Crippen LogP) is 1.02. The molecule has 0 rings (SSSR count). The molecule has 0 radical (unpaired) electrons. The summed E-state index contributed by atoms with van der Waals surface area (Å²) in [6.07, 6.45) is 1.05. The molecule has 0 heterocycles. The summed E-state index contributed by atoms with van der Waals surface area (Å²) in [5, 5.41) is 12.4. The van der Waals surface area contributed by atoms with Crippen LogP contribution in [0.25, 0.3) is 0 Å². The maximum atomic E-state index is 9.04. The van der Waals surface area contributed by atoms with Crippen molar-refractivity contribution >= 4 is 0 Å². The second-order valence-corrected chi connectivity index (χ2v) is 4.26. The first-order valence-electron chi connectivity index (χ1n) is 4.89. The summed E-state index contributed by atoms with van der Waals surface area (Å²) < 4.78 is 5.07. The molecule has 1 unspecified atom stereocenters. The molecule has 0 fully saturated rings. The van der Waals surface area contributed by atoms with Gasteiger partial charge in [0.25, 0.3) is 0 Å². The first kappa shape index (κ1) is 12.9. The zero-order valence-electron chi connectivity index (χ0n) is 9.26. The summed E-state index contributed by atoms with van der Waals surface area (Å²) in [6.45, 7) is 7.98. The molecule has 3 nitrogen and oxygen atoms in total. The van der Waals surface area contributed by atoms with E-state index in [0.29, 0.717) is 6.04 Å². The van der Waals surface area contributed by atoms with Crippen LogP contribution in [-0.2, 0) is 4.74 Å². The maximum absolute atomic E-state index is 9.04. The van der Waals surface area contributed by atoms with E-state index in [4.69, 9.17) is 9.84 Å². The minimum atomic E-state index is -0.0405. The zero-order chi connectivity index (χ0) is 10.3. The first-order valence-corrected chi connectivity index (χ1v) is 4.89. The van der Waals surface area contributed by atoms with Gasteiger partial charge in [-0.3, -0.25) is 0 Å². The van der Waals surface area contributed by atoms with Crippen molar-refractivity contribution in [3.63, 3.8) is 0 Å². The highest BCUT2D eigenvalue weighted by molar-refractivity contribution is 4.73. The van der Waals surface area contributed by atoms with Crippen LogP contribution in [0.4, 0.5) is 0 Å². The van der Waals surface area contributed by atoms with Crippen molar-refractivity contribution in [2.45, 2.75) is 33.2 Å². The van der Waals surface area contributed by atoms with Crippen LogP contribution < -0.4 is 5.32 Å². The Hall–Kier alpha value is -0.120. The molecular weight excluding hydrogens is 166 g/mol. The second kappa shape index (κ2) is 6.35. The Morgan fingerprint density at radius 3 is 2.46 bits per heavy atom. The van der Waals surface area contributed by atoms with Crippen molar-refractivity contribution in [2.24, 2.45) is 5.41 Å². The molecule has 0 aliphatic rings. The lowest BCUT2D eigenvalue weighted by Gasteiger charge is -2.25. The molecule has 0 amide bonds. The zero-order valence-corrected chi connectivity index (χ0v) is 9.26. The fourth-order valence-electron chi connectivity index (χ4n) is 0.999. The van der Waals surface area contributed by atoms with Crippen molar-refractivity contribution in [3.05, 3.63) is 0 Å². The molecule has 0 saturated carbocycles. The largest absolute Gasteiger partial charge is 0.396 e. The number of nitrogens with one attached hydrogen (secondary N) is 1. The average Bonchev–Trinajstić information content (AvgIpc) is 2.12. The highest BCUT2D eigenvalue weighted by atomic mass is 16.5. The summed E-state index contributed by atoms with van der Waals surface area (Å²) in [5.41, 5.74) is -0.0405. The van der Waals surface area contributed by atoms with Crippen LogP contribution in [0.3, 0.4) is 0 Å². The number of hydrogen-bond acceptors (Lipinski definition) is 3. The third-order valence-electron chi connectivity index (χ3n) is 2.16. The number of aliphatic hydroxyl groups excluding tert-OH is 1. The highest BCUT2D eigenvalue weighted by Crippen LogP contribution is 2.11. The van der Waals surface area contributed by atoms with Crippen molar-refractivity contribution in [2.75, 3.05) is 26.9 Å². The summed E-state index contributed by atoms with van der Waals surface area (Å²) in [4.78, 5) is 0. The van der Waals surface area contributed by atoms with E-state index in [1.807, 2.05) is 13.8 Å². The van der Waals surface area contributed by atoms with E-state index in [1.165, 1.54) is 0 Å². The molecule has 0 bridgehead atoms. The van der Waals surface area contributed by atoms with Crippen molar-refractivity contribution in [1.29, 1.82) is 0 Å². The van der Waals surface area contributed by atoms with E-state index < -0.39 is 0 Å². The minimum absolute atomic E-state index is 0.0405. The molecule has 0 saturated heterocycles. The quantitative estimate of drug-likeness (QED) is 0.628. The molecule has 0 aromatic carbocycles. The van der Waals surface area contributed by atoms with Crippen LogP contribution in [0.15, 0.2) is 0 Å². The van der Waals surface area contributed by atoms with Crippen molar-refractivity contribution in [3.8, 4) is 0 Å². The summed E-state index contributed by atoms with van der Waals surface area (Å²) in [6, 6.07) is 0.399. The number of rotatable bonds is 7. The first-order chi connectivity index (χ1) is 6.05. The molecule has 80 valence electrons. The fourth-order valence-corrected chi connectivity index (χ4v) is 0.999. The third kappa shape index (κ3) is 6.02. The Balaban J connectivity index is 3.70. The summed E-state index contributed by atoms with van der Waals surface area (Å²) in [7, 11) is 1.71. The SMILES string of the molecule is CCC(COC)NCC(C)(C)CO. The minimum Gasteiger partial charge on any atom is -0.396 e. The lowest BCUT2D eigenvalue weighted by atomic mass is 9.94. The molecule has 0 aromatic rings. The second-order valence-electron chi connectivity index (χ2n) is 4.26. The maximum Gasteiger partial charge on any atom is 0.0615 e. The van der Waals surface area contributed by atoms with Crippen molar-refractivity contribution < 1.29 is 9.84 Å². The Kier molecular flexibility index (Phi) is 6.29. The van der Waals surface area contributed by atoms with Gasteiger partial charge in [0.2, 0.25) is 0 Å². The number of hydrogen-bond donors (Lipinski definition) is 2. The Labute approximate surface area is 81.5 Å². The van der Waals surface area contributed by atoms with Gasteiger partial charge in [-0.2, -0.15) is 0 Å². The average molecular weight is 189 g/mol. The number of aliphatic hydroxyl groups is 1. The molecule has 1 atom stereocenters. The molecule has 0 aromatic heterocycles. The molecule has 0 aliphatic carbocycles. The van der Waals surface area contributed by atoms with Crippen LogP contribution in [0.5, 0.6) is 0 Å². The van der Waals surface area contributed by atoms with Gasteiger partial charge in [0.15, 0.2) is 0 Å². The van der Waals surface area contributed by atoms with E-state index in [1.54, 1.807) is 7.11 Å². The molecule has 13 heavy (non-hydrogen) atoms. The summed E-state index contributed by atoms with van der Waals surface area (Å²) in [5.74, 6) is 0. The molecule has 0 aliphatic heterocycles. The van der Waals surface area contributed by atoms with E-state index >= 15 is 0 Å². The van der Waals surface area contributed by atoms with Gasteiger partial charge in [0.05, 0.1) is 6.61 Å². The van der Waals surface area contributed by atoms with Crippen LogP contribution in [0.1, 0.15) is 27.2 Å². The Morgan fingerprint density at radius 1 is 1.46 bits per heavy atom. The van der Waals surface area contributed by atoms with Gasteiger partial charge in [0.1, 0.15) is 0 Å². The predicted molar refractivity (Wildman–Crippen MR) is 54.8 cm³/mol. The molecular formula is C10H23NO2. The Morgan fingerprint density at radius 2 is 2.08 bits per heavy atom. The van der Waals surface area contributed by atoms with Gasteiger partial charge in [-0.15, -0.1) is 0 Å². The fraction of sp³-hybridized carbons (Fsp3) is 1.00. The van der Waals surface area contributed by atoms with Crippen molar-refractivity contribution in [1.82, 2.24) is 5.32 Å². The van der Waals surface area contributed by atoms with Gasteiger partial charge in [0, 0.05) is 31.7 Å². The lowest BCUT2D eigenvalue weighted by molar-refractivity contribution is 0.130. The molecule has 0 spiro atoms. The monoisotopic (exact) mass is 189 g/mol. The number of methoxy groups -OCH3 is 1. The topological polar surface area (TPSA) is 41.5 Å². The molecule has 2 N–H and O–H groups in total. The summed E-state index contributed by atoms with van der Waals surface area (Å²) >= 11 is 0. The Bertz CT molecular complexity index is 126. The third-order valence-corrected chi connectivity index (χ3v) is 2.16.